The maximum absolute atomic E-state index is 13.4. The van der Waals surface area contributed by atoms with E-state index in [2.05, 4.69) is 5.32 Å². The lowest BCUT2D eigenvalue weighted by molar-refractivity contribution is -0.133. The van der Waals surface area contributed by atoms with Gasteiger partial charge in [0.25, 0.3) is 5.91 Å². The Morgan fingerprint density at radius 2 is 1.84 bits per heavy atom. The number of amides is 2. The van der Waals surface area contributed by atoms with E-state index in [-0.39, 0.29) is 23.4 Å². The molecule has 1 N–H and O–H groups in total. The van der Waals surface area contributed by atoms with Crippen LogP contribution in [0.1, 0.15) is 44.1 Å². The molecule has 2 amide bonds. The number of nitrogens with zero attached hydrogens (tertiary/aromatic N) is 2. The van der Waals surface area contributed by atoms with E-state index in [0.717, 1.165) is 25.7 Å². The maximum Gasteiger partial charge on any atom is 0.275 e. The van der Waals surface area contributed by atoms with Gasteiger partial charge in [-0.25, -0.2) is 4.39 Å². The van der Waals surface area contributed by atoms with E-state index in [0.29, 0.717) is 35.6 Å². The number of ether oxygens (including phenoxy) is 1. The van der Waals surface area contributed by atoms with Crippen LogP contribution in [0.2, 0.25) is 5.02 Å². The fourth-order valence-electron chi connectivity index (χ4n) is 4.38. The summed E-state index contributed by atoms with van der Waals surface area (Å²) in [6.45, 7) is -0.142. The predicted molar refractivity (Wildman–Crippen MR) is 122 cm³/mol. The lowest BCUT2D eigenvalue weighted by atomic mass is 10.00. The first-order valence-corrected chi connectivity index (χ1v) is 11.1. The number of methoxy groups -OCH3 is 1. The number of carbonyl (C=O) groups excluding carboxylic acids is 2. The zero-order chi connectivity index (χ0) is 22.7. The topological polar surface area (TPSA) is 71.0 Å². The second-order valence-electron chi connectivity index (χ2n) is 8.15. The summed E-state index contributed by atoms with van der Waals surface area (Å²) in [5.41, 5.74) is 0.722. The molecule has 1 aliphatic heterocycles. The molecule has 8 heteroatoms. The lowest BCUT2D eigenvalue weighted by Gasteiger charge is -2.35. The van der Waals surface area contributed by atoms with Crippen molar-refractivity contribution in [3.63, 3.8) is 0 Å². The third-order valence-corrected chi connectivity index (χ3v) is 6.33. The normalized spacial score (nSPS) is 17.8. The highest BCUT2D eigenvalue weighted by atomic mass is 35.5. The van der Waals surface area contributed by atoms with Gasteiger partial charge in [0.1, 0.15) is 29.5 Å². The molecular formula is C24H25ClFN3O3. The van der Waals surface area contributed by atoms with Crippen molar-refractivity contribution < 1.29 is 18.7 Å². The summed E-state index contributed by atoms with van der Waals surface area (Å²) < 4.78 is 18.6. The van der Waals surface area contributed by atoms with Crippen LogP contribution in [0, 0.1) is 5.82 Å². The van der Waals surface area contributed by atoms with Crippen molar-refractivity contribution in [2.45, 2.75) is 44.2 Å². The van der Waals surface area contributed by atoms with Gasteiger partial charge in [0.2, 0.25) is 5.91 Å². The molecule has 0 bridgehead atoms. The highest BCUT2D eigenvalue weighted by molar-refractivity contribution is 6.47. The van der Waals surface area contributed by atoms with E-state index < -0.39 is 11.5 Å². The number of hydrogen-bond acceptors (Lipinski definition) is 4. The quantitative estimate of drug-likeness (QED) is 0.700. The fraction of sp³-hybridized carbons (Fsp3) is 0.375. The molecule has 1 aliphatic carbocycles. The number of benzene rings is 2. The molecule has 4 rings (SSSR count). The molecule has 6 nitrogen and oxygen atoms in total. The van der Waals surface area contributed by atoms with E-state index in [1.165, 1.54) is 18.2 Å². The Morgan fingerprint density at radius 1 is 1.16 bits per heavy atom. The van der Waals surface area contributed by atoms with Gasteiger partial charge in [-0.05, 0) is 68.1 Å². The Kier molecular flexibility index (Phi) is 6.46. The van der Waals surface area contributed by atoms with Crippen LogP contribution in [0.4, 0.5) is 10.1 Å². The molecule has 168 valence electrons. The number of aliphatic imine (C=N–C) groups is 1. The molecule has 0 unspecified atom stereocenters. The predicted octanol–water partition coefficient (Wildman–Crippen LogP) is 4.81. The van der Waals surface area contributed by atoms with Crippen molar-refractivity contribution in [2.24, 2.45) is 4.99 Å². The highest BCUT2D eigenvalue weighted by Crippen LogP contribution is 2.38. The van der Waals surface area contributed by atoms with Gasteiger partial charge in [0.15, 0.2) is 0 Å². The first-order valence-electron chi connectivity index (χ1n) is 10.7. The van der Waals surface area contributed by atoms with E-state index >= 15 is 0 Å². The zero-order valence-electron chi connectivity index (χ0n) is 17.9. The largest absolute Gasteiger partial charge is 0.497 e. The van der Waals surface area contributed by atoms with Crippen LogP contribution in [0.25, 0.3) is 0 Å². The van der Waals surface area contributed by atoms with Gasteiger partial charge >= 0.3 is 0 Å². The summed E-state index contributed by atoms with van der Waals surface area (Å²) in [5, 5.41) is 2.63. The third kappa shape index (κ3) is 4.48. The highest BCUT2D eigenvalue weighted by Gasteiger charge is 2.47. The van der Waals surface area contributed by atoms with Gasteiger partial charge in [-0.2, -0.15) is 0 Å². The SMILES string of the molecule is COc1ccc(C2=NC3(CCCCCC3)N(CC(=O)Nc3ccc(F)c(Cl)c3)C2=O)cc1. The van der Waals surface area contributed by atoms with E-state index in [9.17, 15) is 14.0 Å². The molecule has 0 aromatic heterocycles. The van der Waals surface area contributed by atoms with Crippen LogP contribution in [-0.2, 0) is 9.59 Å². The zero-order valence-corrected chi connectivity index (χ0v) is 18.6. The molecule has 0 atom stereocenters. The molecule has 1 spiro atoms. The van der Waals surface area contributed by atoms with Crippen LogP contribution in [0.5, 0.6) is 5.75 Å². The number of hydrogen-bond donors (Lipinski definition) is 1. The molecule has 1 saturated carbocycles. The average Bonchev–Trinajstić information content (AvgIpc) is 2.93. The summed E-state index contributed by atoms with van der Waals surface area (Å²) in [6.07, 6.45) is 5.48. The molecule has 1 fully saturated rings. The maximum atomic E-state index is 13.4. The van der Waals surface area contributed by atoms with Gasteiger partial charge in [0, 0.05) is 11.3 Å². The Labute approximate surface area is 191 Å². The monoisotopic (exact) mass is 457 g/mol. The Bertz CT molecular complexity index is 1050. The summed E-state index contributed by atoms with van der Waals surface area (Å²) in [7, 11) is 1.59. The lowest BCUT2D eigenvalue weighted by Crippen LogP contribution is -2.50. The fourth-order valence-corrected chi connectivity index (χ4v) is 4.56. The summed E-state index contributed by atoms with van der Waals surface area (Å²) in [4.78, 5) is 32.8. The molecule has 2 aromatic carbocycles. The summed E-state index contributed by atoms with van der Waals surface area (Å²) in [5.74, 6) is -0.507. The molecule has 1 heterocycles. The molecule has 2 aromatic rings. The van der Waals surface area contributed by atoms with Gasteiger partial charge in [-0.1, -0.05) is 24.4 Å². The smallest absolute Gasteiger partial charge is 0.275 e. The Morgan fingerprint density at radius 3 is 2.47 bits per heavy atom. The van der Waals surface area contributed by atoms with Gasteiger partial charge < -0.3 is 15.0 Å². The third-order valence-electron chi connectivity index (χ3n) is 6.04. The minimum atomic E-state index is -0.722. The molecule has 32 heavy (non-hydrogen) atoms. The van der Waals surface area contributed by atoms with Crippen LogP contribution >= 0.6 is 11.6 Å². The average molecular weight is 458 g/mol. The van der Waals surface area contributed by atoms with E-state index in [1.54, 1.807) is 24.1 Å². The van der Waals surface area contributed by atoms with Crippen LogP contribution in [0.15, 0.2) is 47.5 Å². The standard InChI is InChI=1S/C24H25ClFN3O3/c1-32-18-9-6-16(7-10-18)22-23(31)29(24(28-22)12-4-2-3-5-13-24)15-21(30)27-17-8-11-20(26)19(25)14-17/h6-11,14H,2-5,12-13,15H2,1H3,(H,27,30). The van der Waals surface area contributed by atoms with Crippen molar-refractivity contribution in [3.05, 3.63) is 58.9 Å². The summed E-state index contributed by atoms with van der Waals surface area (Å²) in [6, 6.07) is 11.2. The number of halogens is 2. The van der Waals surface area contributed by atoms with Crippen molar-refractivity contribution in [2.75, 3.05) is 19.0 Å². The van der Waals surface area contributed by atoms with Gasteiger partial charge in [0.05, 0.1) is 12.1 Å². The van der Waals surface area contributed by atoms with Crippen LogP contribution in [-0.4, -0.2) is 41.7 Å². The van der Waals surface area contributed by atoms with Gasteiger partial charge in [-0.15, -0.1) is 0 Å². The van der Waals surface area contributed by atoms with Gasteiger partial charge in [-0.3, -0.25) is 14.6 Å². The first kappa shape index (κ1) is 22.3. The molecule has 2 aliphatic rings. The van der Waals surface area contributed by atoms with E-state index in [4.69, 9.17) is 21.3 Å². The van der Waals surface area contributed by atoms with Crippen molar-refractivity contribution in [1.82, 2.24) is 4.90 Å². The second-order valence-corrected chi connectivity index (χ2v) is 8.56. The number of rotatable bonds is 5. The number of anilines is 1. The Balaban J connectivity index is 1.59. The number of carbonyl (C=O) groups is 2. The van der Waals surface area contributed by atoms with Crippen molar-refractivity contribution in [3.8, 4) is 5.75 Å². The van der Waals surface area contributed by atoms with Crippen molar-refractivity contribution >= 4 is 34.8 Å². The van der Waals surface area contributed by atoms with E-state index in [1.807, 2.05) is 12.1 Å². The van der Waals surface area contributed by atoms with Crippen LogP contribution in [0.3, 0.4) is 0 Å². The van der Waals surface area contributed by atoms with Crippen molar-refractivity contribution in [1.29, 1.82) is 0 Å². The second kappa shape index (κ2) is 9.28. The first-order chi connectivity index (χ1) is 15.4. The Hall–Kier alpha value is -2.93. The molecular weight excluding hydrogens is 433 g/mol. The van der Waals surface area contributed by atoms with Crippen LogP contribution < -0.4 is 10.1 Å². The molecule has 0 radical (unpaired) electrons. The minimum Gasteiger partial charge on any atom is -0.497 e. The number of nitrogens with one attached hydrogen (secondary N) is 1. The minimum absolute atomic E-state index is 0.0783. The molecule has 0 saturated heterocycles. The summed E-state index contributed by atoms with van der Waals surface area (Å²) >= 11 is 5.82.